The molecule has 4 amide bonds. The number of nitrogens with two attached hydrogens (primary N) is 2. The van der Waals surface area contributed by atoms with Gasteiger partial charge in [-0.25, -0.2) is 4.79 Å². The predicted octanol–water partition coefficient (Wildman–Crippen LogP) is 0.160. The van der Waals surface area contributed by atoms with Crippen LogP contribution < -0.4 is 27.4 Å². The maximum atomic E-state index is 13.2. The lowest BCUT2D eigenvalue weighted by atomic mass is 9.97. The number of rotatable bonds is 17. The Balaban J connectivity index is 2.96. The molecule has 12 heteroatoms. The summed E-state index contributed by atoms with van der Waals surface area (Å²) in [5, 5.41) is 17.2. The van der Waals surface area contributed by atoms with Gasteiger partial charge in [0.15, 0.2) is 0 Å². The van der Waals surface area contributed by atoms with Crippen LogP contribution in [-0.2, 0) is 30.4 Å². The van der Waals surface area contributed by atoms with Crippen molar-refractivity contribution in [1.29, 1.82) is 0 Å². The van der Waals surface area contributed by atoms with Gasteiger partial charge in [-0.05, 0) is 42.8 Å². The molecule has 8 N–H and O–H groups in total. The Kier molecular flexibility index (Phi) is 14.3. The second-order valence-corrected chi connectivity index (χ2v) is 9.90. The third-order valence-electron chi connectivity index (χ3n) is 5.97. The molecule has 0 aliphatic carbocycles. The summed E-state index contributed by atoms with van der Waals surface area (Å²) in [5.74, 6) is -3.54. The zero-order valence-corrected chi connectivity index (χ0v) is 22.4. The molecule has 5 atom stereocenters. The summed E-state index contributed by atoms with van der Waals surface area (Å²) in [7, 11) is 0. The van der Waals surface area contributed by atoms with Crippen LogP contribution in [0.2, 0.25) is 0 Å². The quantitative estimate of drug-likeness (QED) is 0.162. The van der Waals surface area contributed by atoms with Crippen molar-refractivity contribution in [3.63, 3.8) is 0 Å². The Hall–Kier alpha value is -3.12. The summed E-state index contributed by atoms with van der Waals surface area (Å²) in [6, 6.07) is 5.05. The van der Waals surface area contributed by atoms with Crippen molar-refractivity contribution in [3.8, 4) is 0 Å². The van der Waals surface area contributed by atoms with E-state index in [1.165, 1.54) is 11.8 Å². The second-order valence-electron chi connectivity index (χ2n) is 8.92. The maximum absolute atomic E-state index is 13.2. The van der Waals surface area contributed by atoms with E-state index >= 15 is 0 Å². The van der Waals surface area contributed by atoms with E-state index in [2.05, 4.69) is 16.0 Å². The average molecular weight is 538 g/mol. The monoisotopic (exact) mass is 537 g/mol. The number of primary amides is 1. The van der Waals surface area contributed by atoms with E-state index < -0.39 is 53.8 Å². The third-order valence-corrected chi connectivity index (χ3v) is 6.61. The van der Waals surface area contributed by atoms with Crippen LogP contribution in [0.5, 0.6) is 0 Å². The van der Waals surface area contributed by atoms with Gasteiger partial charge in [0.05, 0.1) is 6.04 Å². The summed E-state index contributed by atoms with van der Waals surface area (Å²) >= 11 is 1.50. The first-order valence-electron chi connectivity index (χ1n) is 12.2. The van der Waals surface area contributed by atoms with E-state index in [4.69, 9.17) is 11.5 Å². The molecule has 206 valence electrons. The Morgan fingerprint density at radius 1 is 0.946 bits per heavy atom. The number of hydrogen-bond acceptors (Lipinski definition) is 7. The van der Waals surface area contributed by atoms with Gasteiger partial charge in [0.2, 0.25) is 23.6 Å². The van der Waals surface area contributed by atoms with E-state index in [1.54, 1.807) is 6.92 Å². The number of amides is 4. The standard InChI is InChI=1S/C25H39N5O6S/c1-4-15(2)21(24(34)29-19(25(35)36)10-11-20(27)31)30-23(33)18(12-13-37-3)28-22(32)17(26)14-16-8-6-5-7-9-16/h5-9,15,17-19,21H,4,10-14,26H2,1-3H3,(H2,27,31)(H,28,32)(H,29,34)(H,30,33)(H,35,36). The molecule has 1 aromatic carbocycles. The number of carbonyl (C=O) groups excluding carboxylic acids is 4. The van der Waals surface area contributed by atoms with Crippen LogP contribution in [0.1, 0.15) is 45.1 Å². The van der Waals surface area contributed by atoms with E-state index in [0.29, 0.717) is 25.0 Å². The summed E-state index contributed by atoms with van der Waals surface area (Å²) in [5.41, 5.74) is 12.1. The zero-order valence-electron chi connectivity index (χ0n) is 21.6. The number of thioether (sulfide) groups is 1. The molecular formula is C25H39N5O6S. The molecule has 0 aliphatic rings. The van der Waals surface area contributed by atoms with Crippen molar-refractivity contribution in [2.24, 2.45) is 17.4 Å². The molecule has 0 bridgehead atoms. The molecule has 0 aliphatic heterocycles. The van der Waals surface area contributed by atoms with Crippen LogP contribution in [-0.4, -0.2) is 70.9 Å². The van der Waals surface area contributed by atoms with Crippen molar-refractivity contribution < 1.29 is 29.1 Å². The Morgan fingerprint density at radius 2 is 1.57 bits per heavy atom. The summed E-state index contributed by atoms with van der Waals surface area (Å²) < 4.78 is 0. The van der Waals surface area contributed by atoms with Crippen LogP contribution in [0.25, 0.3) is 0 Å². The Labute approximate surface area is 221 Å². The van der Waals surface area contributed by atoms with Crippen molar-refractivity contribution in [2.75, 3.05) is 12.0 Å². The topological polar surface area (TPSA) is 194 Å². The average Bonchev–Trinajstić information content (AvgIpc) is 2.86. The van der Waals surface area contributed by atoms with Gasteiger partial charge in [0.25, 0.3) is 0 Å². The summed E-state index contributed by atoms with van der Waals surface area (Å²) in [6.45, 7) is 3.57. The lowest BCUT2D eigenvalue weighted by Gasteiger charge is -2.28. The first kappa shape index (κ1) is 31.9. The molecule has 0 saturated carbocycles. The SMILES string of the molecule is CCC(C)C(NC(=O)C(CCSC)NC(=O)C(N)Cc1ccccc1)C(=O)NC(CCC(N)=O)C(=O)O. The van der Waals surface area contributed by atoms with Crippen molar-refractivity contribution in [1.82, 2.24) is 16.0 Å². The lowest BCUT2D eigenvalue weighted by molar-refractivity contribution is -0.143. The molecule has 0 spiro atoms. The molecule has 0 heterocycles. The molecule has 0 aromatic heterocycles. The smallest absolute Gasteiger partial charge is 0.326 e. The molecule has 1 rings (SSSR count). The van der Waals surface area contributed by atoms with Crippen LogP contribution in [0.4, 0.5) is 0 Å². The van der Waals surface area contributed by atoms with Crippen LogP contribution in [0, 0.1) is 5.92 Å². The number of nitrogens with one attached hydrogen (secondary N) is 3. The molecule has 0 fully saturated rings. The van der Waals surface area contributed by atoms with Gasteiger partial charge >= 0.3 is 5.97 Å². The largest absolute Gasteiger partial charge is 0.480 e. The predicted molar refractivity (Wildman–Crippen MR) is 142 cm³/mol. The summed E-state index contributed by atoms with van der Waals surface area (Å²) in [6.07, 6.45) is 2.59. The van der Waals surface area contributed by atoms with Gasteiger partial charge in [0.1, 0.15) is 18.1 Å². The number of carboxylic acids is 1. The lowest BCUT2D eigenvalue weighted by Crippen LogP contribution is -2.59. The highest BCUT2D eigenvalue weighted by atomic mass is 32.2. The zero-order chi connectivity index (χ0) is 28.0. The number of benzene rings is 1. The number of carboxylic acid groups (broad SMARTS) is 1. The van der Waals surface area contributed by atoms with Crippen molar-refractivity contribution in [2.45, 2.75) is 70.1 Å². The minimum Gasteiger partial charge on any atom is -0.480 e. The van der Waals surface area contributed by atoms with Gasteiger partial charge in [-0.2, -0.15) is 11.8 Å². The molecule has 5 unspecified atom stereocenters. The highest BCUT2D eigenvalue weighted by Crippen LogP contribution is 2.11. The molecular weight excluding hydrogens is 498 g/mol. The van der Waals surface area contributed by atoms with E-state index in [1.807, 2.05) is 43.5 Å². The maximum Gasteiger partial charge on any atom is 0.326 e. The van der Waals surface area contributed by atoms with E-state index in [9.17, 15) is 29.1 Å². The van der Waals surface area contributed by atoms with Crippen molar-refractivity contribution in [3.05, 3.63) is 35.9 Å². The normalized spacial score (nSPS) is 14.9. The molecule has 11 nitrogen and oxygen atoms in total. The number of aliphatic carboxylic acids is 1. The van der Waals surface area contributed by atoms with Crippen LogP contribution in [0.15, 0.2) is 30.3 Å². The Morgan fingerprint density at radius 3 is 2.11 bits per heavy atom. The molecule has 37 heavy (non-hydrogen) atoms. The van der Waals surface area contributed by atoms with Gasteiger partial charge in [-0.1, -0.05) is 50.6 Å². The minimum atomic E-state index is -1.34. The fourth-order valence-electron chi connectivity index (χ4n) is 3.51. The van der Waals surface area contributed by atoms with Crippen LogP contribution >= 0.6 is 11.8 Å². The number of carbonyl (C=O) groups is 5. The minimum absolute atomic E-state index is 0.177. The Bertz CT molecular complexity index is 916. The fourth-order valence-corrected chi connectivity index (χ4v) is 3.98. The molecule has 0 radical (unpaired) electrons. The van der Waals surface area contributed by atoms with E-state index in [-0.39, 0.29) is 18.8 Å². The van der Waals surface area contributed by atoms with E-state index in [0.717, 1.165) is 5.56 Å². The van der Waals surface area contributed by atoms with Crippen LogP contribution in [0.3, 0.4) is 0 Å². The van der Waals surface area contributed by atoms with Gasteiger partial charge < -0.3 is 32.5 Å². The van der Waals surface area contributed by atoms with Gasteiger partial charge in [-0.3, -0.25) is 19.2 Å². The molecule has 1 aromatic rings. The van der Waals surface area contributed by atoms with Crippen molar-refractivity contribution >= 4 is 41.4 Å². The molecule has 0 saturated heterocycles. The first-order chi connectivity index (χ1) is 17.5. The highest BCUT2D eigenvalue weighted by molar-refractivity contribution is 7.98. The van der Waals surface area contributed by atoms with Gasteiger partial charge in [-0.15, -0.1) is 0 Å². The highest BCUT2D eigenvalue weighted by Gasteiger charge is 2.32. The fraction of sp³-hybridized carbons (Fsp3) is 0.560. The summed E-state index contributed by atoms with van der Waals surface area (Å²) in [4.78, 5) is 61.6. The van der Waals surface area contributed by atoms with Gasteiger partial charge in [0, 0.05) is 6.42 Å². The number of hydrogen-bond donors (Lipinski definition) is 6. The first-order valence-corrected chi connectivity index (χ1v) is 13.6. The third kappa shape index (κ3) is 11.6. The second kappa shape index (κ2) is 16.6.